The number of halogens is 2. The third kappa shape index (κ3) is 2.63. The molecule has 0 radical (unpaired) electrons. The lowest BCUT2D eigenvalue weighted by Crippen LogP contribution is -2.64. The van der Waals surface area contributed by atoms with Crippen LogP contribution in [-0.2, 0) is 9.53 Å². The van der Waals surface area contributed by atoms with Gasteiger partial charge in [-0.05, 0) is 0 Å². The van der Waals surface area contributed by atoms with E-state index in [2.05, 4.69) is 4.74 Å². The number of esters is 1. The Morgan fingerprint density at radius 2 is 2.12 bits per heavy atom. The van der Waals surface area contributed by atoms with Gasteiger partial charge < -0.3 is 9.64 Å². The third-order valence-electron chi connectivity index (χ3n) is 2.25. The molecule has 1 unspecified atom stereocenters. The predicted octanol–water partition coefficient (Wildman–Crippen LogP) is 0.904. The monoisotopic (exact) mass is 252 g/mol. The van der Waals surface area contributed by atoms with E-state index >= 15 is 0 Å². The maximum atomic E-state index is 13.5. The van der Waals surface area contributed by atoms with Crippen LogP contribution < -0.4 is 0 Å². The van der Waals surface area contributed by atoms with E-state index in [1.807, 2.05) is 0 Å². The van der Waals surface area contributed by atoms with Crippen LogP contribution in [0.2, 0.25) is 0 Å². The number of hydroxylamine groups is 2. The normalized spacial score (nSPS) is 24.2. The van der Waals surface area contributed by atoms with Gasteiger partial charge in [0.15, 0.2) is 0 Å². The third-order valence-corrected chi connectivity index (χ3v) is 2.25. The van der Waals surface area contributed by atoms with Gasteiger partial charge in [-0.2, -0.15) is 13.8 Å². The first-order valence-electron chi connectivity index (χ1n) is 4.98. The number of urea groups is 1. The highest BCUT2D eigenvalue weighted by Gasteiger charge is 2.54. The van der Waals surface area contributed by atoms with Crippen LogP contribution >= 0.6 is 0 Å². The minimum Gasteiger partial charge on any atom is -0.432 e. The van der Waals surface area contributed by atoms with Gasteiger partial charge in [-0.3, -0.25) is 10.0 Å². The zero-order chi connectivity index (χ0) is 13.4. The molecule has 1 aliphatic rings. The molecular weight excluding hydrogens is 238 g/mol. The zero-order valence-electron chi connectivity index (χ0n) is 9.68. The maximum Gasteiger partial charge on any atom is 0.347 e. The van der Waals surface area contributed by atoms with Crippen LogP contribution in [-0.4, -0.2) is 52.9 Å². The van der Waals surface area contributed by atoms with E-state index in [-0.39, 0.29) is 5.06 Å². The summed E-state index contributed by atoms with van der Waals surface area (Å²) in [5.74, 6) is -5.07. The molecule has 0 bridgehead atoms. The largest absolute Gasteiger partial charge is 0.432 e. The van der Waals surface area contributed by atoms with Crippen molar-refractivity contribution in [3.8, 4) is 0 Å². The van der Waals surface area contributed by atoms with Gasteiger partial charge in [0, 0.05) is 7.05 Å². The second-order valence-corrected chi connectivity index (χ2v) is 4.19. The molecular formula is C9H14F2N2O4. The number of rotatable bonds is 2. The lowest BCUT2D eigenvalue weighted by atomic mass is 10.2. The number of carbonyl (C=O) groups excluding carboxylic acids is 2. The van der Waals surface area contributed by atoms with E-state index < -0.39 is 36.6 Å². The Bertz CT molecular complexity index is 335. The first kappa shape index (κ1) is 13.6. The van der Waals surface area contributed by atoms with Crippen molar-refractivity contribution >= 4 is 12.0 Å². The fourth-order valence-electron chi connectivity index (χ4n) is 1.30. The molecule has 6 nitrogen and oxygen atoms in total. The molecule has 1 aliphatic heterocycles. The van der Waals surface area contributed by atoms with Gasteiger partial charge in [0.05, 0.1) is 12.5 Å². The van der Waals surface area contributed by atoms with Gasteiger partial charge >= 0.3 is 17.9 Å². The number of alkyl halides is 2. The Hall–Kier alpha value is -1.44. The molecule has 1 rings (SSSR count). The van der Waals surface area contributed by atoms with Gasteiger partial charge in [-0.25, -0.2) is 4.79 Å². The topological polar surface area (TPSA) is 70.1 Å². The van der Waals surface area contributed by atoms with Crippen molar-refractivity contribution in [1.82, 2.24) is 9.96 Å². The maximum absolute atomic E-state index is 13.5. The molecule has 0 saturated carbocycles. The summed E-state index contributed by atoms with van der Waals surface area (Å²) >= 11 is 0. The molecule has 1 heterocycles. The summed E-state index contributed by atoms with van der Waals surface area (Å²) in [6.45, 7) is 2.00. The second-order valence-electron chi connectivity index (χ2n) is 4.19. The van der Waals surface area contributed by atoms with E-state index in [4.69, 9.17) is 0 Å². The fourth-order valence-corrected chi connectivity index (χ4v) is 1.30. The molecule has 8 heteroatoms. The first-order valence-corrected chi connectivity index (χ1v) is 4.98. The highest BCUT2D eigenvalue weighted by atomic mass is 19.3. The lowest BCUT2D eigenvalue weighted by molar-refractivity contribution is -0.277. The number of ether oxygens (including phenoxy) is 1. The number of hydrogen-bond acceptors (Lipinski definition) is 4. The molecule has 1 N–H and O–H groups in total. The van der Waals surface area contributed by atoms with Crippen molar-refractivity contribution in [3.05, 3.63) is 0 Å². The standard InChI is InChI=1S/C9H14F2N2O4/c1-5(2)6(14)17-7-9(10,11)4-12(3)8(15)13(7)16/h5,7,16H,4H2,1-3H3. The summed E-state index contributed by atoms with van der Waals surface area (Å²) in [6, 6.07) is -1.04. The summed E-state index contributed by atoms with van der Waals surface area (Å²) in [4.78, 5) is 23.1. The van der Waals surface area contributed by atoms with Crippen molar-refractivity contribution < 1.29 is 28.3 Å². The van der Waals surface area contributed by atoms with Gasteiger partial charge in [0.1, 0.15) is 0 Å². The molecule has 0 aliphatic carbocycles. The summed E-state index contributed by atoms with van der Waals surface area (Å²) < 4.78 is 31.4. The number of hydrogen-bond donors (Lipinski definition) is 1. The quantitative estimate of drug-likeness (QED) is 0.585. The number of carbonyl (C=O) groups is 2. The van der Waals surface area contributed by atoms with Crippen molar-refractivity contribution in [2.45, 2.75) is 26.0 Å². The average Bonchev–Trinajstić information content (AvgIpc) is 2.20. The number of nitrogens with zero attached hydrogens (tertiary/aromatic N) is 2. The van der Waals surface area contributed by atoms with Crippen molar-refractivity contribution in [2.24, 2.45) is 5.92 Å². The SMILES string of the molecule is CC(C)C(=O)OC1N(O)C(=O)N(C)CC1(F)F. The van der Waals surface area contributed by atoms with Crippen LogP contribution in [0, 0.1) is 5.92 Å². The zero-order valence-corrected chi connectivity index (χ0v) is 9.68. The minimum absolute atomic E-state index is 0.260. The van der Waals surface area contributed by atoms with Crippen molar-refractivity contribution in [1.29, 1.82) is 0 Å². The summed E-state index contributed by atoms with van der Waals surface area (Å²) in [7, 11) is 1.11. The Kier molecular flexibility index (Phi) is 3.56. The van der Waals surface area contributed by atoms with Crippen LogP contribution in [0.25, 0.3) is 0 Å². The molecule has 98 valence electrons. The highest BCUT2D eigenvalue weighted by molar-refractivity contribution is 5.76. The Morgan fingerprint density at radius 3 is 2.59 bits per heavy atom. The smallest absolute Gasteiger partial charge is 0.347 e. The second kappa shape index (κ2) is 4.44. The van der Waals surface area contributed by atoms with Crippen LogP contribution in [0.15, 0.2) is 0 Å². The van der Waals surface area contributed by atoms with Gasteiger partial charge in [0.25, 0.3) is 6.23 Å². The van der Waals surface area contributed by atoms with Gasteiger partial charge in [0.2, 0.25) is 0 Å². The van der Waals surface area contributed by atoms with Crippen LogP contribution in [0.3, 0.4) is 0 Å². The molecule has 17 heavy (non-hydrogen) atoms. The van der Waals surface area contributed by atoms with Gasteiger partial charge in [-0.15, -0.1) is 0 Å². The van der Waals surface area contributed by atoms with E-state index in [0.29, 0.717) is 4.90 Å². The fraction of sp³-hybridized carbons (Fsp3) is 0.778. The molecule has 1 fully saturated rings. The molecule has 0 aromatic rings. The molecule has 0 aromatic heterocycles. The van der Waals surface area contributed by atoms with E-state index in [1.54, 1.807) is 0 Å². The van der Waals surface area contributed by atoms with E-state index in [9.17, 15) is 23.6 Å². The Balaban J connectivity index is 2.87. The van der Waals surface area contributed by atoms with Gasteiger partial charge in [-0.1, -0.05) is 13.8 Å². The Labute approximate surface area is 96.7 Å². The Morgan fingerprint density at radius 1 is 1.59 bits per heavy atom. The summed E-state index contributed by atoms with van der Waals surface area (Å²) in [5, 5.41) is 9.00. The number of amides is 2. The summed E-state index contributed by atoms with van der Waals surface area (Å²) in [6.07, 6.45) is -2.28. The first-order chi connectivity index (χ1) is 7.66. The van der Waals surface area contributed by atoms with Crippen molar-refractivity contribution in [3.63, 3.8) is 0 Å². The van der Waals surface area contributed by atoms with E-state index in [1.165, 1.54) is 13.8 Å². The summed E-state index contributed by atoms with van der Waals surface area (Å²) in [5.41, 5.74) is 0. The van der Waals surface area contributed by atoms with Crippen molar-refractivity contribution in [2.75, 3.05) is 13.6 Å². The molecule has 0 aromatic carbocycles. The predicted molar refractivity (Wildman–Crippen MR) is 51.3 cm³/mol. The van der Waals surface area contributed by atoms with E-state index in [0.717, 1.165) is 7.05 Å². The lowest BCUT2D eigenvalue weighted by Gasteiger charge is -2.40. The molecule has 1 atom stereocenters. The molecule has 2 amide bonds. The average molecular weight is 252 g/mol. The van der Waals surface area contributed by atoms with Crippen LogP contribution in [0.1, 0.15) is 13.8 Å². The van der Waals surface area contributed by atoms with Crippen LogP contribution in [0.5, 0.6) is 0 Å². The minimum atomic E-state index is -3.53. The molecule has 0 spiro atoms. The highest BCUT2D eigenvalue weighted by Crippen LogP contribution is 2.30. The molecule has 1 saturated heterocycles. The van der Waals surface area contributed by atoms with Crippen LogP contribution in [0.4, 0.5) is 13.6 Å².